The Morgan fingerprint density at radius 3 is 2.44 bits per heavy atom. The van der Waals surface area contributed by atoms with E-state index >= 15 is 0 Å². The summed E-state index contributed by atoms with van der Waals surface area (Å²) in [5, 5.41) is -0.00931. The zero-order valence-electron chi connectivity index (χ0n) is 5.48. The Balaban J connectivity index is 2.53. The number of methoxy groups -OCH3 is 1. The van der Waals surface area contributed by atoms with E-state index in [0.29, 0.717) is 0 Å². The van der Waals surface area contributed by atoms with Crippen molar-refractivity contribution < 1.29 is 9.53 Å². The molecule has 0 unspecified atom stereocenters. The molecule has 0 aliphatic heterocycles. The number of carbonyl (C=O) groups is 1. The van der Waals surface area contributed by atoms with Crippen LogP contribution in [0.3, 0.4) is 0 Å². The highest BCUT2D eigenvalue weighted by atomic mass is 35.5. The Kier molecular flexibility index (Phi) is 1.43. The van der Waals surface area contributed by atoms with E-state index < -0.39 is 0 Å². The number of halogens is 1. The minimum absolute atomic E-state index is 0.00931. The van der Waals surface area contributed by atoms with Gasteiger partial charge in [0.1, 0.15) is 0 Å². The molecular weight excluding hydrogens is 140 g/mol. The fourth-order valence-electron chi connectivity index (χ4n) is 0.758. The third-order valence-electron chi connectivity index (χ3n) is 1.79. The lowest BCUT2D eigenvalue weighted by atomic mass is 10.1. The molecule has 1 saturated carbocycles. The second kappa shape index (κ2) is 1.87. The molecule has 0 radical (unpaired) electrons. The van der Waals surface area contributed by atoms with Gasteiger partial charge in [-0.25, -0.2) is 0 Å². The minimum Gasteiger partial charge on any atom is -0.469 e. The molecule has 0 saturated heterocycles. The van der Waals surface area contributed by atoms with Crippen molar-refractivity contribution >= 4 is 17.6 Å². The molecule has 0 aromatic rings. The number of alkyl halides is 1. The molecule has 0 bridgehead atoms. The van der Waals surface area contributed by atoms with E-state index in [2.05, 4.69) is 4.74 Å². The molecule has 1 aliphatic carbocycles. The Hall–Kier alpha value is -0.240. The number of rotatable bonds is 1. The van der Waals surface area contributed by atoms with Gasteiger partial charge in [-0.2, -0.15) is 0 Å². The van der Waals surface area contributed by atoms with E-state index in [1.807, 2.05) is 6.92 Å². The van der Waals surface area contributed by atoms with Crippen LogP contribution in [0.2, 0.25) is 0 Å². The number of esters is 1. The molecule has 1 rings (SSSR count). The van der Waals surface area contributed by atoms with Gasteiger partial charge in [0.15, 0.2) is 0 Å². The molecule has 2 nitrogen and oxygen atoms in total. The zero-order valence-corrected chi connectivity index (χ0v) is 6.23. The molecule has 0 N–H and O–H groups in total. The van der Waals surface area contributed by atoms with Crippen LogP contribution in [0.1, 0.15) is 13.3 Å². The molecule has 1 aliphatic rings. The third-order valence-corrected chi connectivity index (χ3v) is 2.42. The van der Waals surface area contributed by atoms with Crippen LogP contribution in [0.25, 0.3) is 0 Å². The Morgan fingerprint density at radius 1 is 1.89 bits per heavy atom. The van der Waals surface area contributed by atoms with Gasteiger partial charge in [-0.1, -0.05) is 0 Å². The van der Waals surface area contributed by atoms with Gasteiger partial charge < -0.3 is 4.74 Å². The number of hydrogen-bond acceptors (Lipinski definition) is 2. The van der Waals surface area contributed by atoms with Crippen LogP contribution in [-0.4, -0.2) is 18.5 Å². The lowest BCUT2D eigenvalue weighted by molar-refractivity contribution is -0.146. The molecular formula is C6H9ClO2. The smallest absolute Gasteiger partial charge is 0.313 e. The topological polar surface area (TPSA) is 26.3 Å². The number of hydrogen-bond donors (Lipinski definition) is 0. The number of ether oxygens (including phenoxy) is 1. The average molecular weight is 149 g/mol. The summed E-state index contributed by atoms with van der Waals surface area (Å²) in [6.07, 6.45) is 0.751. The highest BCUT2D eigenvalue weighted by molar-refractivity contribution is 6.25. The predicted molar refractivity (Wildman–Crippen MR) is 34.4 cm³/mol. The quantitative estimate of drug-likeness (QED) is 0.412. The molecule has 0 heterocycles. The predicted octanol–water partition coefficient (Wildman–Crippen LogP) is 1.18. The summed E-state index contributed by atoms with van der Waals surface area (Å²) < 4.78 is 4.52. The van der Waals surface area contributed by atoms with E-state index in [1.54, 1.807) is 0 Å². The van der Waals surface area contributed by atoms with Crippen molar-refractivity contribution in [3.63, 3.8) is 0 Å². The summed E-state index contributed by atoms with van der Waals surface area (Å²) in [5.41, 5.74) is -0.379. The largest absolute Gasteiger partial charge is 0.469 e. The molecule has 52 valence electrons. The fourth-order valence-corrected chi connectivity index (χ4v) is 1.17. The van der Waals surface area contributed by atoms with E-state index in [0.717, 1.165) is 6.42 Å². The second-order valence-corrected chi connectivity index (χ2v) is 3.11. The fraction of sp³-hybridized carbons (Fsp3) is 0.833. The van der Waals surface area contributed by atoms with Gasteiger partial charge >= 0.3 is 5.97 Å². The van der Waals surface area contributed by atoms with E-state index in [1.165, 1.54) is 7.11 Å². The van der Waals surface area contributed by atoms with Gasteiger partial charge in [0.05, 0.1) is 17.9 Å². The molecule has 0 aromatic carbocycles. The molecule has 2 atom stereocenters. The molecule has 3 heteroatoms. The first-order valence-electron chi connectivity index (χ1n) is 2.84. The standard InChI is InChI=1S/C6H9ClO2/c1-6(3-4(6)7)5(8)9-2/h4H,3H2,1-2H3/t4-,6+/m0/s1. The van der Waals surface area contributed by atoms with Crippen LogP contribution in [-0.2, 0) is 9.53 Å². The lowest BCUT2D eigenvalue weighted by Gasteiger charge is -2.03. The summed E-state index contributed by atoms with van der Waals surface area (Å²) in [6.45, 7) is 1.82. The first-order valence-corrected chi connectivity index (χ1v) is 3.27. The maximum atomic E-state index is 10.8. The Morgan fingerprint density at radius 2 is 2.33 bits per heavy atom. The van der Waals surface area contributed by atoms with Gasteiger partial charge in [0.25, 0.3) is 0 Å². The van der Waals surface area contributed by atoms with Gasteiger partial charge in [-0.05, 0) is 13.3 Å². The van der Waals surface area contributed by atoms with Crippen molar-refractivity contribution in [2.75, 3.05) is 7.11 Å². The van der Waals surface area contributed by atoms with Crippen LogP contribution in [0, 0.1) is 5.41 Å². The third kappa shape index (κ3) is 0.917. The average Bonchev–Trinajstić information content (AvgIpc) is 2.41. The van der Waals surface area contributed by atoms with Crippen LogP contribution < -0.4 is 0 Å². The highest BCUT2D eigenvalue weighted by Crippen LogP contribution is 2.50. The first-order chi connectivity index (χ1) is 4.11. The van der Waals surface area contributed by atoms with Crippen LogP contribution in [0.5, 0.6) is 0 Å². The maximum absolute atomic E-state index is 10.8. The van der Waals surface area contributed by atoms with Crippen molar-refractivity contribution in [1.82, 2.24) is 0 Å². The maximum Gasteiger partial charge on any atom is 0.313 e. The van der Waals surface area contributed by atoms with Crippen molar-refractivity contribution in [2.45, 2.75) is 18.7 Å². The van der Waals surface area contributed by atoms with Gasteiger partial charge in [-0.3, -0.25) is 4.79 Å². The van der Waals surface area contributed by atoms with Crippen molar-refractivity contribution in [3.8, 4) is 0 Å². The molecule has 0 spiro atoms. The SMILES string of the molecule is COC(=O)[C@]1(C)C[C@@H]1Cl. The number of carbonyl (C=O) groups excluding carboxylic acids is 1. The second-order valence-electron chi connectivity index (χ2n) is 2.58. The highest BCUT2D eigenvalue weighted by Gasteiger charge is 2.56. The van der Waals surface area contributed by atoms with Gasteiger partial charge in [0.2, 0.25) is 0 Å². The Bertz CT molecular complexity index is 146. The van der Waals surface area contributed by atoms with E-state index in [4.69, 9.17) is 11.6 Å². The summed E-state index contributed by atoms with van der Waals surface area (Å²) in [5.74, 6) is -0.192. The first kappa shape index (κ1) is 6.87. The molecule has 0 amide bonds. The minimum atomic E-state index is -0.379. The van der Waals surface area contributed by atoms with E-state index in [9.17, 15) is 4.79 Å². The van der Waals surface area contributed by atoms with Crippen LogP contribution in [0.4, 0.5) is 0 Å². The summed E-state index contributed by atoms with van der Waals surface area (Å²) >= 11 is 5.67. The summed E-state index contributed by atoms with van der Waals surface area (Å²) in [7, 11) is 1.38. The van der Waals surface area contributed by atoms with Crippen LogP contribution in [0.15, 0.2) is 0 Å². The Labute approximate surface area is 59.1 Å². The lowest BCUT2D eigenvalue weighted by Crippen LogP contribution is -2.15. The van der Waals surface area contributed by atoms with Gasteiger partial charge in [0, 0.05) is 0 Å². The zero-order chi connectivity index (χ0) is 7.07. The summed E-state index contributed by atoms with van der Waals surface area (Å²) in [6, 6.07) is 0. The van der Waals surface area contributed by atoms with Crippen LogP contribution >= 0.6 is 11.6 Å². The summed E-state index contributed by atoms with van der Waals surface area (Å²) in [4.78, 5) is 10.8. The molecule has 1 fully saturated rings. The normalized spacial score (nSPS) is 40.1. The van der Waals surface area contributed by atoms with Crippen molar-refractivity contribution in [1.29, 1.82) is 0 Å². The van der Waals surface area contributed by atoms with Crippen molar-refractivity contribution in [3.05, 3.63) is 0 Å². The monoisotopic (exact) mass is 148 g/mol. The van der Waals surface area contributed by atoms with Gasteiger partial charge in [-0.15, -0.1) is 11.6 Å². The molecule has 9 heavy (non-hydrogen) atoms. The van der Waals surface area contributed by atoms with Crippen molar-refractivity contribution in [2.24, 2.45) is 5.41 Å². The van der Waals surface area contributed by atoms with E-state index in [-0.39, 0.29) is 16.8 Å². The molecule has 0 aromatic heterocycles.